The van der Waals surface area contributed by atoms with Gasteiger partial charge in [-0.3, -0.25) is 0 Å². The van der Waals surface area contributed by atoms with Crippen LogP contribution in [0.25, 0.3) is 0 Å². The molecule has 0 saturated heterocycles. The second-order valence-electron chi connectivity index (χ2n) is 6.07. The number of alkyl halides is 1. The van der Waals surface area contributed by atoms with Crippen molar-refractivity contribution in [2.45, 2.75) is 71.4 Å². The van der Waals surface area contributed by atoms with Gasteiger partial charge in [-0.1, -0.05) is 24.4 Å². The van der Waals surface area contributed by atoms with Gasteiger partial charge in [0.2, 0.25) is 0 Å². The quantitative estimate of drug-likeness (QED) is 0.397. The number of unbranched alkanes of at least 4 members (excludes halogenated alkanes) is 2. The molecule has 0 aromatic heterocycles. The van der Waals surface area contributed by atoms with Crippen LogP contribution in [0.1, 0.15) is 59.8 Å². The van der Waals surface area contributed by atoms with Gasteiger partial charge in [0.25, 0.3) is 0 Å². The molecule has 0 radical (unpaired) electrons. The van der Waals surface area contributed by atoms with E-state index in [2.05, 4.69) is 5.32 Å². The van der Waals surface area contributed by atoms with Crippen LogP contribution in [0.4, 0.5) is 4.79 Å². The number of esters is 1. The highest BCUT2D eigenvalue weighted by Gasteiger charge is 2.25. The summed E-state index contributed by atoms with van der Waals surface area (Å²) in [6, 6.07) is -1.07. The zero-order valence-electron chi connectivity index (χ0n) is 13.7. The second kappa shape index (κ2) is 10.4. The average Bonchev–Trinajstić information content (AvgIpc) is 2.34. The first-order valence-electron chi connectivity index (χ1n) is 7.37. The fraction of sp³-hybridized carbons (Fsp3) is 0.800. The number of halogens is 1. The number of ether oxygens (including phenoxy) is 2. The minimum Gasteiger partial charge on any atom is -0.448 e. The molecule has 0 heterocycles. The molecular weight excluding hydrogens is 310 g/mol. The Bertz CT molecular complexity index is 379. The molecule has 0 aliphatic heterocycles. The molecule has 0 aromatic carbocycles. The van der Waals surface area contributed by atoms with E-state index in [1.807, 2.05) is 0 Å². The molecule has 0 aliphatic carbocycles. The lowest BCUT2D eigenvalue weighted by Crippen LogP contribution is -2.44. The third-order valence-corrected chi connectivity index (χ3v) is 2.80. The van der Waals surface area contributed by atoms with E-state index in [0.29, 0.717) is 19.3 Å². The molecule has 0 aliphatic rings. The molecule has 0 fully saturated rings. The van der Waals surface area contributed by atoms with Crippen LogP contribution in [0.5, 0.6) is 0 Å². The zero-order valence-corrected chi connectivity index (χ0v) is 14.5. The van der Waals surface area contributed by atoms with Gasteiger partial charge >= 0.3 is 12.1 Å². The van der Waals surface area contributed by atoms with Crippen molar-refractivity contribution in [2.75, 3.05) is 6.07 Å². The van der Waals surface area contributed by atoms with E-state index in [1.165, 1.54) is 0 Å². The highest BCUT2D eigenvalue weighted by Crippen LogP contribution is 2.10. The normalized spacial score (nSPS) is 12.4. The van der Waals surface area contributed by atoms with Crippen molar-refractivity contribution in [3.63, 3.8) is 0 Å². The van der Waals surface area contributed by atoms with E-state index in [4.69, 9.17) is 21.1 Å². The number of carbonyl (C=O) groups excluding carboxylic acids is 3. The highest BCUT2D eigenvalue weighted by atomic mass is 35.5. The van der Waals surface area contributed by atoms with Gasteiger partial charge in [0, 0.05) is 6.42 Å². The minimum atomic E-state index is -0.800. The summed E-state index contributed by atoms with van der Waals surface area (Å²) in [5.41, 5.74) is -0.646. The topological polar surface area (TPSA) is 81.7 Å². The van der Waals surface area contributed by atoms with Crippen molar-refractivity contribution in [3.05, 3.63) is 0 Å². The minimum absolute atomic E-state index is 0.143. The Morgan fingerprint density at radius 3 is 2.27 bits per heavy atom. The van der Waals surface area contributed by atoms with Crippen LogP contribution in [0, 0.1) is 0 Å². The molecule has 0 rings (SSSR count). The van der Waals surface area contributed by atoms with Gasteiger partial charge in [-0.25, -0.2) is 9.59 Å². The maximum absolute atomic E-state index is 11.8. The summed E-state index contributed by atoms with van der Waals surface area (Å²) in [7, 11) is 0. The first-order chi connectivity index (χ1) is 10.2. The second-order valence-corrected chi connectivity index (χ2v) is 6.29. The molecule has 0 aromatic rings. The number of hydrogen-bond donors (Lipinski definition) is 1. The van der Waals surface area contributed by atoms with E-state index >= 15 is 0 Å². The van der Waals surface area contributed by atoms with Crippen molar-refractivity contribution >= 4 is 29.4 Å². The Balaban J connectivity index is 4.35. The van der Waals surface area contributed by atoms with Crippen LogP contribution in [0.15, 0.2) is 0 Å². The first kappa shape index (κ1) is 20.7. The van der Waals surface area contributed by atoms with Crippen molar-refractivity contribution in [2.24, 2.45) is 0 Å². The predicted octanol–water partition coefficient (Wildman–Crippen LogP) is 3.16. The molecule has 1 N–H and O–H groups in total. The Morgan fingerprint density at radius 2 is 1.77 bits per heavy atom. The summed E-state index contributed by atoms with van der Waals surface area (Å²) in [5.74, 6) is -0.447. The lowest BCUT2D eigenvalue weighted by atomic mass is 10.1. The Morgan fingerprint density at radius 1 is 1.14 bits per heavy atom. The number of Topliss-reactive ketones (excluding diaryl/α,β-unsaturated/α-hetero) is 1. The summed E-state index contributed by atoms with van der Waals surface area (Å²) in [6.07, 6.45) is 2.50. The van der Waals surface area contributed by atoms with Crippen molar-refractivity contribution < 1.29 is 23.9 Å². The maximum Gasteiger partial charge on any atom is 0.408 e. The summed E-state index contributed by atoms with van der Waals surface area (Å²) in [6.45, 7) is 6.76. The van der Waals surface area contributed by atoms with Crippen LogP contribution >= 0.6 is 11.6 Å². The van der Waals surface area contributed by atoms with Gasteiger partial charge < -0.3 is 19.6 Å². The number of alkyl carbamates (subject to hydrolysis) is 1. The smallest absolute Gasteiger partial charge is 0.408 e. The SMILES string of the molecule is CC(=O)CCCCCC(NC(=O)OC(C)(C)C)C(=O)OCCl. The Hall–Kier alpha value is -1.30. The van der Waals surface area contributed by atoms with Gasteiger partial charge in [0.1, 0.15) is 17.4 Å². The molecule has 22 heavy (non-hydrogen) atoms. The standard InChI is InChI=1S/C15H26ClNO5/c1-11(18)8-6-5-7-9-12(13(19)21-10-16)17-14(20)22-15(2,3)4/h12H,5-10H2,1-4H3,(H,17,20). The number of carbonyl (C=O) groups is 3. The molecule has 1 atom stereocenters. The molecule has 6 nitrogen and oxygen atoms in total. The third-order valence-electron chi connectivity index (χ3n) is 2.69. The fourth-order valence-electron chi connectivity index (χ4n) is 1.75. The average molecular weight is 336 g/mol. The predicted molar refractivity (Wildman–Crippen MR) is 83.7 cm³/mol. The number of rotatable bonds is 9. The molecule has 128 valence electrons. The van der Waals surface area contributed by atoms with E-state index < -0.39 is 23.7 Å². The van der Waals surface area contributed by atoms with Crippen LogP contribution in [0.2, 0.25) is 0 Å². The van der Waals surface area contributed by atoms with Crippen LogP contribution < -0.4 is 5.32 Å². The van der Waals surface area contributed by atoms with Crippen LogP contribution in [0.3, 0.4) is 0 Å². The molecule has 1 unspecified atom stereocenters. The van der Waals surface area contributed by atoms with E-state index in [9.17, 15) is 14.4 Å². The van der Waals surface area contributed by atoms with Gasteiger partial charge in [-0.2, -0.15) is 0 Å². The fourth-order valence-corrected chi connectivity index (χ4v) is 1.86. The van der Waals surface area contributed by atoms with Crippen molar-refractivity contribution in [3.8, 4) is 0 Å². The van der Waals surface area contributed by atoms with Crippen LogP contribution in [-0.2, 0) is 19.1 Å². The Kier molecular flexibility index (Phi) is 9.81. The van der Waals surface area contributed by atoms with Gasteiger partial charge in [-0.05, 0) is 40.5 Å². The third kappa shape index (κ3) is 11.4. The van der Waals surface area contributed by atoms with Crippen molar-refractivity contribution in [1.29, 1.82) is 0 Å². The summed E-state index contributed by atoms with van der Waals surface area (Å²) < 4.78 is 9.85. The summed E-state index contributed by atoms with van der Waals surface area (Å²) >= 11 is 5.38. The largest absolute Gasteiger partial charge is 0.448 e. The molecular formula is C15H26ClNO5. The number of hydrogen-bond acceptors (Lipinski definition) is 5. The number of nitrogens with one attached hydrogen (secondary N) is 1. The lowest BCUT2D eigenvalue weighted by molar-refractivity contribution is -0.144. The summed E-state index contributed by atoms with van der Waals surface area (Å²) in [5, 5.41) is 2.50. The Labute approximate surface area is 136 Å². The molecule has 7 heteroatoms. The lowest BCUT2D eigenvalue weighted by Gasteiger charge is -2.22. The first-order valence-corrected chi connectivity index (χ1v) is 7.90. The maximum atomic E-state index is 11.8. The molecule has 1 amide bonds. The molecule has 0 bridgehead atoms. The number of ketones is 1. The van der Waals surface area contributed by atoms with Gasteiger partial charge in [-0.15, -0.1) is 0 Å². The monoisotopic (exact) mass is 335 g/mol. The summed E-state index contributed by atoms with van der Waals surface area (Å²) in [4.78, 5) is 34.4. The molecule has 0 saturated carbocycles. The van der Waals surface area contributed by atoms with E-state index in [-0.39, 0.29) is 11.8 Å². The number of amides is 1. The van der Waals surface area contributed by atoms with Gasteiger partial charge in [0.15, 0.2) is 6.07 Å². The highest BCUT2D eigenvalue weighted by molar-refractivity contribution is 6.17. The zero-order chi connectivity index (χ0) is 17.2. The van der Waals surface area contributed by atoms with E-state index in [0.717, 1.165) is 12.8 Å². The van der Waals surface area contributed by atoms with Crippen LogP contribution in [-0.4, -0.2) is 35.6 Å². The van der Waals surface area contributed by atoms with Gasteiger partial charge in [0.05, 0.1) is 0 Å². The molecule has 0 spiro atoms. The van der Waals surface area contributed by atoms with E-state index in [1.54, 1.807) is 27.7 Å². The van der Waals surface area contributed by atoms with Crippen molar-refractivity contribution in [1.82, 2.24) is 5.32 Å².